The zero-order chi connectivity index (χ0) is 13.1. The highest BCUT2D eigenvalue weighted by molar-refractivity contribution is 5.69. The number of nitrogens with zero attached hydrogens (tertiary/aromatic N) is 2. The molecule has 0 amide bonds. The van der Waals surface area contributed by atoms with E-state index in [1.807, 2.05) is 0 Å². The molecule has 1 N–H and O–H groups in total. The number of para-hydroxylation sites is 1. The van der Waals surface area contributed by atoms with Crippen LogP contribution in [-0.4, -0.2) is 10.5 Å². The summed E-state index contributed by atoms with van der Waals surface area (Å²) in [6.45, 7) is 3.44. The third kappa shape index (κ3) is 2.73. The molecule has 17 heavy (non-hydrogen) atoms. The van der Waals surface area contributed by atoms with E-state index in [4.69, 9.17) is 11.7 Å². The van der Waals surface area contributed by atoms with Crippen molar-refractivity contribution < 1.29 is 4.92 Å². The van der Waals surface area contributed by atoms with E-state index in [0.29, 0.717) is 0 Å². The Morgan fingerprint density at radius 2 is 2.18 bits per heavy atom. The Morgan fingerprint density at radius 3 is 2.65 bits per heavy atom. The molecule has 0 bridgehead atoms. The number of rotatable bonds is 3. The number of nitro groups is 1. The summed E-state index contributed by atoms with van der Waals surface area (Å²) in [4.78, 5) is 10.3. The normalized spacial score (nSPS) is 10.1. The highest BCUT2D eigenvalue weighted by atomic mass is 16.6. The van der Waals surface area contributed by atoms with Crippen LogP contribution in [0, 0.1) is 33.8 Å². The van der Waals surface area contributed by atoms with Gasteiger partial charge in [0.1, 0.15) is 17.3 Å². The topological polar surface area (TPSA) is 79.0 Å². The molecule has 0 saturated heterocycles. The maximum absolute atomic E-state index is 10.9. The van der Waals surface area contributed by atoms with Gasteiger partial charge in [0.25, 0.3) is 0 Å². The summed E-state index contributed by atoms with van der Waals surface area (Å²) >= 11 is 0. The van der Waals surface area contributed by atoms with Gasteiger partial charge in [-0.15, -0.1) is 6.42 Å². The summed E-state index contributed by atoms with van der Waals surface area (Å²) in [5, 5.41) is 22.6. The van der Waals surface area contributed by atoms with E-state index in [1.54, 1.807) is 26.0 Å². The maximum Gasteiger partial charge on any atom is 0.309 e. The molecule has 1 rings (SSSR count). The fourth-order valence-electron chi connectivity index (χ4n) is 1.30. The molecule has 5 heteroatoms. The van der Waals surface area contributed by atoms with Crippen molar-refractivity contribution in [2.45, 2.75) is 19.4 Å². The molecule has 86 valence electrons. The second-order valence-corrected chi connectivity index (χ2v) is 3.96. The van der Waals surface area contributed by atoms with Crippen molar-refractivity contribution in [3.05, 3.63) is 33.9 Å². The van der Waals surface area contributed by atoms with Gasteiger partial charge in [-0.1, -0.05) is 12.0 Å². The SMILES string of the molecule is C#CC(C)(C)Nc1cccc(C#N)c1[N+](=O)[O-]. The van der Waals surface area contributed by atoms with Gasteiger partial charge in [0, 0.05) is 0 Å². The summed E-state index contributed by atoms with van der Waals surface area (Å²) in [6.07, 6.45) is 5.30. The van der Waals surface area contributed by atoms with Crippen molar-refractivity contribution in [2.75, 3.05) is 5.32 Å². The Morgan fingerprint density at radius 1 is 1.53 bits per heavy atom. The van der Waals surface area contributed by atoms with Crippen molar-refractivity contribution in [3.63, 3.8) is 0 Å². The molecule has 0 unspecified atom stereocenters. The number of hydrogen-bond donors (Lipinski definition) is 1. The van der Waals surface area contributed by atoms with Crippen molar-refractivity contribution in [2.24, 2.45) is 0 Å². The first-order valence-electron chi connectivity index (χ1n) is 4.85. The Hall–Kier alpha value is -2.53. The Balaban J connectivity index is 3.32. The van der Waals surface area contributed by atoms with Crippen molar-refractivity contribution in [1.29, 1.82) is 5.26 Å². The van der Waals surface area contributed by atoms with E-state index in [-0.39, 0.29) is 16.9 Å². The van der Waals surface area contributed by atoms with E-state index in [0.717, 1.165) is 0 Å². The predicted molar refractivity (Wildman–Crippen MR) is 64.3 cm³/mol. The van der Waals surface area contributed by atoms with Crippen LogP contribution >= 0.6 is 0 Å². The minimum absolute atomic E-state index is 0.00724. The fraction of sp³-hybridized carbons (Fsp3) is 0.250. The Labute approximate surface area is 99.2 Å². The molecule has 0 aliphatic heterocycles. The van der Waals surface area contributed by atoms with Gasteiger partial charge in [0.2, 0.25) is 0 Å². The average molecular weight is 229 g/mol. The third-order valence-corrected chi connectivity index (χ3v) is 2.15. The first-order chi connectivity index (χ1) is 7.91. The standard InChI is InChI=1S/C12H11N3O2/c1-4-12(2,3)14-10-7-5-6-9(8-13)11(10)15(16)17/h1,5-7,14H,2-3H3. The Bertz CT molecular complexity index is 536. The van der Waals surface area contributed by atoms with Crippen molar-refractivity contribution in [3.8, 4) is 18.4 Å². The van der Waals surface area contributed by atoms with Gasteiger partial charge in [0.05, 0.1) is 10.5 Å². The van der Waals surface area contributed by atoms with E-state index in [1.165, 1.54) is 12.1 Å². The number of nitriles is 1. The summed E-state index contributed by atoms with van der Waals surface area (Å²) in [5.41, 5.74) is -0.720. The van der Waals surface area contributed by atoms with Gasteiger partial charge >= 0.3 is 5.69 Å². The van der Waals surface area contributed by atoms with Crippen LogP contribution in [0.4, 0.5) is 11.4 Å². The van der Waals surface area contributed by atoms with Gasteiger partial charge in [-0.2, -0.15) is 5.26 Å². The van der Waals surface area contributed by atoms with Gasteiger partial charge in [0.15, 0.2) is 0 Å². The lowest BCUT2D eigenvalue weighted by molar-refractivity contribution is -0.384. The minimum Gasteiger partial charge on any atom is -0.364 e. The molecule has 0 heterocycles. The van der Waals surface area contributed by atoms with E-state index in [9.17, 15) is 10.1 Å². The molecule has 0 fully saturated rings. The number of nitro benzene ring substituents is 1. The molecule has 0 spiro atoms. The minimum atomic E-state index is -0.723. The lowest BCUT2D eigenvalue weighted by Gasteiger charge is -2.20. The van der Waals surface area contributed by atoms with Crippen LogP contribution in [0.2, 0.25) is 0 Å². The largest absolute Gasteiger partial charge is 0.364 e. The Kier molecular flexibility index (Phi) is 3.35. The monoisotopic (exact) mass is 229 g/mol. The number of terminal acetylenes is 1. The quantitative estimate of drug-likeness (QED) is 0.490. The highest BCUT2D eigenvalue weighted by Crippen LogP contribution is 2.30. The molecule has 0 atom stereocenters. The highest BCUT2D eigenvalue weighted by Gasteiger charge is 2.23. The second-order valence-electron chi connectivity index (χ2n) is 3.96. The number of anilines is 1. The van der Waals surface area contributed by atoms with Crippen LogP contribution in [0.1, 0.15) is 19.4 Å². The summed E-state index contributed by atoms with van der Waals surface area (Å²) < 4.78 is 0. The third-order valence-electron chi connectivity index (χ3n) is 2.15. The molecule has 5 nitrogen and oxygen atoms in total. The molecular weight excluding hydrogens is 218 g/mol. The van der Waals surface area contributed by atoms with Crippen LogP contribution in [0.25, 0.3) is 0 Å². The smallest absolute Gasteiger partial charge is 0.309 e. The lowest BCUT2D eigenvalue weighted by atomic mass is 10.1. The number of nitrogens with one attached hydrogen (secondary N) is 1. The first-order valence-corrected chi connectivity index (χ1v) is 4.85. The lowest BCUT2D eigenvalue weighted by Crippen LogP contribution is -2.28. The van der Waals surface area contributed by atoms with E-state index in [2.05, 4.69) is 11.2 Å². The van der Waals surface area contributed by atoms with Gasteiger partial charge in [-0.05, 0) is 26.0 Å². The fourth-order valence-corrected chi connectivity index (χ4v) is 1.30. The molecular formula is C12H11N3O2. The number of benzene rings is 1. The maximum atomic E-state index is 10.9. The zero-order valence-electron chi connectivity index (χ0n) is 9.52. The van der Waals surface area contributed by atoms with Crippen molar-refractivity contribution >= 4 is 11.4 Å². The molecule has 1 aromatic carbocycles. The van der Waals surface area contributed by atoms with Crippen LogP contribution in [0.5, 0.6) is 0 Å². The molecule has 0 aliphatic rings. The van der Waals surface area contributed by atoms with Gasteiger partial charge in [-0.25, -0.2) is 0 Å². The molecule has 1 aromatic rings. The molecule has 0 aliphatic carbocycles. The zero-order valence-corrected chi connectivity index (χ0v) is 9.52. The molecule has 0 saturated carbocycles. The van der Waals surface area contributed by atoms with Crippen LogP contribution < -0.4 is 5.32 Å². The molecule has 0 radical (unpaired) electrons. The van der Waals surface area contributed by atoms with Crippen LogP contribution in [0.15, 0.2) is 18.2 Å². The van der Waals surface area contributed by atoms with Gasteiger partial charge in [-0.3, -0.25) is 10.1 Å². The second kappa shape index (κ2) is 4.54. The summed E-state index contributed by atoms with van der Waals surface area (Å²) in [7, 11) is 0. The predicted octanol–water partition coefficient (Wildman–Crippen LogP) is 2.29. The van der Waals surface area contributed by atoms with E-state index < -0.39 is 10.5 Å². The van der Waals surface area contributed by atoms with Crippen LogP contribution in [0.3, 0.4) is 0 Å². The molecule has 0 aromatic heterocycles. The summed E-state index contributed by atoms with van der Waals surface area (Å²) in [6, 6.07) is 6.28. The number of hydrogen-bond acceptors (Lipinski definition) is 4. The summed E-state index contributed by atoms with van der Waals surface area (Å²) in [5.74, 6) is 2.48. The average Bonchev–Trinajstić information content (AvgIpc) is 2.27. The van der Waals surface area contributed by atoms with Crippen molar-refractivity contribution in [1.82, 2.24) is 0 Å². The first kappa shape index (κ1) is 12.5. The van der Waals surface area contributed by atoms with Crippen LogP contribution in [-0.2, 0) is 0 Å². The van der Waals surface area contributed by atoms with E-state index >= 15 is 0 Å². The van der Waals surface area contributed by atoms with Gasteiger partial charge < -0.3 is 5.32 Å².